The maximum absolute atomic E-state index is 12.8. The molecule has 33 heavy (non-hydrogen) atoms. The van der Waals surface area contributed by atoms with Crippen LogP contribution in [0.1, 0.15) is 18.4 Å². The van der Waals surface area contributed by atoms with Crippen LogP contribution in [-0.4, -0.2) is 24.4 Å². The zero-order valence-electron chi connectivity index (χ0n) is 17.0. The van der Waals surface area contributed by atoms with E-state index in [0.717, 1.165) is 22.9 Å². The van der Waals surface area contributed by atoms with E-state index in [1.807, 2.05) is 30.3 Å². The van der Waals surface area contributed by atoms with Gasteiger partial charge in [0.25, 0.3) is 5.91 Å². The largest absolute Gasteiger partial charge is 0.456 e. The number of hydrogen-bond donors (Lipinski definition) is 2. The summed E-state index contributed by atoms with van der Waals surface area (Å²) in [6, 6.07) is 15.3. The van der Waals surface area contributed by atoms with Gasteiger partial charge in [-0.15, -0.1) is 0 Å². The van der Waals surface area contributed by atoms with Crippen LogP contribution in [0.5, 0.6) is 0 Å². The van der Waals surface area contributed by atoms with E-state index in [-0.39, 0.29) is 23.6 Å². The van der Waals surface area contributed by atoms with Gasteiger partial charge in [0.05, 0.1) is 22.7 Å². The minimum atomic E-state index is -4.60. The number of carbonyl (C=O) groups excluding carboxylic acids is 3. The first kappa shape index (κ1) is 24.1. The number of hydrogen-bond acceptors (Lipinski definition) is 4. The van der Waals surface area contributed by atoms with E-state index >= 15 is 0 Å². The van der Waals surface area contributed by atoms with Crippen LogP contribution in [0.2, 0.25) is 5.02 Å². The zero-order valence-corrected chi connectivity index (χ0v) is 17.8. The molecule has 2 N–H and O–H groups in total. The average molecular weight is 479 g/mol. The Morgan fingerprint density at radius 2 is 1.55 bits per heavy atom. The molecule has 0 saturated heterocycles. The normalized spacial score (nSPS) is 11.2. The number of ether oxygens (including phenoxy) is 1. The second-order valence-corrected chi connectivity index (χ2v) is 7.38. The second kappa shape index (κ2) is 10.4. The number of nitrogens with one attached hydrogen (secondary N) is 2. The Hall–Kier alpha value is -3.59. The molecule has 0 aliphatic carbocycles. The lowest BCUT2D eigenvalue weighted by Crippen LogP contribution is -2.22. The van der Waals surface area contributed by atoms with Gasteiger partial charge in [0.2, 0.25) is 5.91 Å². The molecule has 10 heteroatoms. The highest BCUT2D eigenvalue weighted by atomic mass is 35.5. The number of anilines is 2. The van der Waals surface area contributed by atoms with Gasteiger partial charge < -0.3 is 15.4 Å². The van der Waals surface area contributed by atoms with Crippen LogP contribution >= 0.6 is 11.6 Å². The lowest BCUT2D eigenvalue weighted by Gasteiger charge is -2.12. The highest BCUT2D eigenvalue weighted by molar-refractivity contribution is 6.33. The third-order valence-corrected chi connectivity index (χ3v) is 4.88. The highest BCUT2D eigenvalue weighted by Gasteiger charge is 2.31. The number of esters is 1. The average Bonchev–Trinajstić information content (AvgIpc) is 2.77. The molecule has 0 spiro atoms. The number of fused-ring (bicyclic) bond motifs is 1. The van der Waals surface area contributed by atoms with E-state index in [1.165, 1.54) is 0 Å². The number of rotatable bonds is 7. The van der Waals surface area contributed by atoms with Crippen molar-refractivity contribution in [3.05, 3.63) is 71.2 Å². The number of halogens is 4. The van der Waals surface area contributed by atoms with E-state index in [2.05, 4.69) is 10.6 Å². The standard InChI is InChI=1S/C23H18ClF3N2O4/c24-17-9-8-15(23(25,26)27)12-19(17)29-20(30)10-11-22(32)33-13-21(31)28-18-7-3-5-14-4-1-2-6-16(14)18/h1-9,12H,10-11,13H2,(H,28,31)(H,29,30). The van der Waals surface area contributed by atoms with Crippen molar-refractivity contribution in [2.24, 2.45) is 0 Å². The molecule has 3 rings (SSSR count). The molecule has 0 radical (unpaired) electrons. The molecule has 0 aliphatic heterocycles. The summed E-state index contributed by atoms with van der Waals surface area (Å²) in [5.74, 6) is -2.10. The molecule has 0 atom stereocenters. The number of benzene rings is 3. The van der Waals surface area contributed by atoms with E-state index in [1.54, 1.807) is 12.1 Å². The van der Waals surface area contributed by atoms with Gasteiger partial charge in [0.15, 0.2) is 6.61 Å². The fourth-order valence-electron chi connectivity index (χ4n) is 2.96. The van der Waals surface area contributed by atoms with Crippen molar-refractivity contribution in [2.75, 3.05) is 17.2 Å². The summed E-state index contributed by atoms with van der Waals surface area (Å²) in [6.45, 7) is -0.552. The summed E-state index contributed by atoms with van der Waals surface area (Å²) in [4.78, 5) is 36.0. The summed E-state index contributed by atoms with van der Waals surface area (Å²) in [7, 11) is 0. The van der Waals surface area contributed by atoms with E-state index < -0.39 is 36.1 Å². The fourth-order valence-corrected chi connectivity index (χ4v) is 3.13. The smallest absolute Gasteiger partial charge is 0.416 e. The van der Waals surface area contributed by atoms with Crippen LogP contribution in [0, 0.1) is 0 Å². The summed E-state index contributed by atoms with van der Waals surface area (Å²) < 4.78 is 43.3. The lowest BCUT2D eigenvalue weighted by molar-refractivity contribution is -0.147. The zero-order chi connectivity index (χ0) is 24.0. The Morgan fingerprint density at radius 3 is 2.30 bits per heavy atom. The van der Waals surface area contributed by atoms with Gasteiger partial charge in [0.1, 0.15) is 0 Å². The summed E-state index contributed by atoms with van der Waals surface area (Å²) in [5.41, 5.74) is -0.635. The maximum atomic E-state index is 12.8. The van der Waals surface area contributed by atoms with Crippen molar-refractivity contribution in [1.29, 1.82) is 0 Å². The molecule has 172 valence electrons. The van der Waals surface area contributed by atoms with Crippen molar-refractivity contribution in [2.45, 2.75) is 19.0 Å². The molecule has 3 aromatic carbocycles. The predicted molar refractivity (Wildman–Crippen MR) is 118 cm³/mol. The SMILES string of the molecule is O=C(CCC(=O)OCC(=O)Nc1cccc2ccccc12)Nc1cc(C(F)(F)F)ccc1Cl. The van der Waals surface area contributed by atoms with Crippen molar-refractivity contribution in [3.63, 3.8) is 0 Å². The molecular formula is C23H18ClF3N2O4. The molecule has 3 aromatic rings. The molecule has 2 amide bonds. The Bertz CT molecular complexity index is 1190. The Balaban J connectivity index is 1.46. The van der Waals surface area contributed by atoms with E-state index in [4.69, 9.17) is 16.3 Å². The van der Waals surface area contributed by atoms with Crippen LogP contribution in [-0.2, 0) is 25.3 Å². The fraction of sp³-hybridized carbons (Fsp3) is 0.174. The minimum Gasteiger partial charge on any atom is -0.456 e. The van der Waals surface area contributed by atoms with Crippen LogP contribution in [0.4, 0.5) is 24.5 Å². The van der Waals surface area contributed by atoms with Gasteiger partial charge in [-0.05, 0) is 29.7 Å². The van der Waals surface area contributed by atoms with Crippen LogP contribution < -0.4 is 10.6 Å². The van der Waals surface area contributed by atoms with Gasteiger partial charge >= 0.3 is 12.1 Å². The summed E-state index contributed by atoms with van der Waals surface area (Å²) in [6.07, 6.45) is -5.33. The maximum Gasteiger partial charge on any atom is 0.416 e. The second-order valence-electron chi connectivity index (χ2n) is 6.98. The van der Waals surface area contributed by atoms with Crippen molar-refractivity contribution < 1.29 is 32.3 Å². The molecular weight excluding hydrogens is 461 g/mol. The first-order valence-electron chi connectivity index (χ1n) is 9.73. The number of carbonyl (C=O) groups is 3. The van der Waals surface area contributed by atoms with E-state index in [9.17, 15) is 27.6 Å². The summed E-state index contributed by atoms with van der Waals surface area (Å²) >= 11 is 5.82. The third-order valence-electron chi connectivity index (χ3n) is 4.55. The lowest BCUT2D eigenvalue weighted by atomic mass is 10.1. The predicted octanol–water partition coefficient (Wildman–Crippen LogP) is 5.41. The van der Waals surface area contributed by atoms with Crippen molar-refractivity contribution in [1.82, 2.24) is 0 Å². The minimum absolute atomic E-state index is 0.0796. The number of amides is 2. The van der Waals surface area contributed by atoms with Crippen LogP contribution in [0.15, 0.2) is 60.7 Å². The first-order valence-corrected chi connectivity index (χ1v) is 10.1. The van der Waals surface area contributed by atoms with Gasteiger partial charge in [-0.25, -0.2) is 0 Å². The Kier molecular flexibility index (Phi) is 7.55. The van der Waals surface area contributed by atoms with Gasteiger partial charge in [-0.3, -0.25) is 14.4 Å². The molecule has 0 aromatic heterocycles. The molecule has 6 nitrogen and oxygen atoms in total. The van der Waals surface area contributed by atoms with E-state index in [0.29, 0.717) is 11.8 Å². The monoisotopic (exact) mass is 478 g/mol. The Morgan fingerprint density at radius 1 is 0.848 bits per heavy atom. The van der Waals surface area contributed by atoms with Gasteiger partial charge in [-0.2, -0.15) is 13.2 Å². The molecule has 0 aliphatic rings. The molecule has 0 bridgehead atoms. The van der Waals surface area contributed by atoms with Gasteiger partial charge in [0, 0.05) is 17.5 Å². The molecule has 0 fully saturated rings. The summed E-state index contributed by atoms with van der Waals surface area (Å²) in [5, 5.41) is 6.57. The third kappa shape index (κ3) is 6.69. The Labute approximate surface area is 191 Å². The van der Waals surface area contributed by atoms with Crippen LogP contribution in [0.3, 0.4) is 0 Å². The molecule has 0 heterocycles. The van der Waals surface area contributed by atoms with Gasteiger partial charge in [-0.1, -0.05) is 48.0 Å². The highest BCUT2D eigenvalue weighted by Crippen LogP contribution is 2.33. The first-order chi connectivity index (χ1) is 15.6. The van der Waals surface area contributed by atoms with Crippen molar-refractivity contribution in [3.8, 4) is 0 Å². The molecule has 0 unspecified atom stereocenters. The topological polar surface area (TPSA) is 84.5 Å². The van der Waals surface area contributed by atoms with Crippen LogP contribution in [0.25, 0.3) is 10.8 Å². The molecule has 0 saturated carbocycles. The quantitative estimate of drug-likeness (QED) is 0.444. The van der Waals surface area contributed by atoms with Crippen molar-refractivity contribution >= 4 is 51.5 Å². The number of alkyl halides is 3.